The maximum atomic E-state index is 12.5. The number of hydrogen-bond donors (Lipinski definition) is 1. The van der Waals surface area contributed by atoms with Crippen LogP contribution in [-0.4, -0.2) is 17.0 Å². The summed E-state index contributed by atoms with van der Waals surface area (Å²) in [6.07, 6.45) is 0. The van der Waals surface area contributed by atoms with Gasteiger partial charge in [0.15, 0.2) is 0 Å². The van der Waals surface area contributed by atoms with Gasteiger partial charge in [-0.25, -0.2) is 9.59 Å². The Morgan fingerprint density at radius 3 is 1.54 bits per heavy atom. The average Bonchev–Trinajstić information content (AvgIpc) is 2.89. The third-order valence-electron chi connectivity index (χ3n) is 5.49. The molecule has 35 heavy (non-hydrogen) atoms. The van der Waals surface area contributed by atoms with E-state index in [2.05, 4.69) is 6.58 Å². The van der Waals surface area contributed by atoms with Crippen molar-refractivity contribution >= 4 is 23.1 Å². The molecule has 0 radical (unpaired) electrons. The van der Waals surface area contributed by atoms with E-state index in [0.29, 0.717) is 5.56 Å². The van der Waals surface area contributed by atoms with Gasteiger partial charge < -0.3 is 9.84 Å². The number of carbonyl (C=O) groups is 2. The molecule has 0 amide bonds. The number of rotatable bonds is 7. The van der Waals surface area contributed by atoms with Crippen LogP contribution in [0.2, 0.25) is 0 Å². The highest BCUT2D eigenvalue weighted by Crippen LogP contribution is 2.40. The Morgan fingerprint density at radius 2 is 1.11 bits per heavy atom. The fourth-order valence-electron chi connectivity index (χ4n) is 3.84. The molecule has 0 saturated heterocycles. The second kappa shape index (κ2) is 10.5. The van der Waals surface area contributed by atoms with Gasteiger partial charge in [-0.05, 0) is 47.4 Å². The van der Waals surface area contributed by atoms with E-state index in [4.69, 9.17) is 4.74 Å². The summed E-state index contributed by atoms with van der Waals surface area (Å²) in [6, 6.07) is 34.3. The van der Waals surface area contributed by atoms with Gasteiger partial charge in [0, 0.05) is 16.7 Å². The van der Waals surface area contributed by atoms with Gasteiger partial charge >= 0.3 is 11.9 Å². The molecule has 0 unspecified atom stereocenters. The number of benzene rings is 4. The van der Waals surface area contributed by atoms with Gasteiger partial charge in [-0.1, -0.05) is 97.6 Å². The standard InChI is InChI=1S/C31H24O4/c1-21(2)31(34)35-27-20-25(30(32)33)18-19-26(27)29(24-16-10-5-11-17-24)28(22-12-6-3-7-13-22)23-14-8-4-9-15-23/h3-20H,1H2,2H3,(H,32,33). The molecule has 0 aliphatic rings. The molecule has 0 saturated carbocycles. The molecule has 0 heterocycles. The molecule has 4 aromatic rings. The molecular formula is C31H24O4. The van der Waals surface area contributed by atoms with Crippen LogP contribution in [0.3, 0.4) is 0 Å². The summed E-state index contributed by atoms with van der Waals surface area (Å²) in [4.78, 5) is 24.3. The quantitative estimate of drug-likeness (QED) is 0.141. The summed E-state index contributed by atoms with van der Waals surface area (Å²) in [7, 11) is 0. The number of aromatic carboxylic acids is 1. The van der Waals surface area contributed by atoms with E-state index >= 15 is 0 Å². The molecular weight excluding hydrogens is 436 g/mol. The van der Waals surface area contributed by atoms with Crippen molar-refractivity contribution in [3.63, 3.8) is 0 Å². The van der Waals surface area contributed by atoms with Crippen LogP contribution in [0.4, 0.5) is 0 Å². The van der Waals surface area contributed by atoms with E-state index < -0.39 is 11.9 Å². The van der Waals surface area contributed by atoms with Crippen molar-refractivity contribution in [2.75, 3.05) is 0 Å². The molecule has 0 spiro atoms. The van der Waals surface area contributed by atoms with E-state index in [1.54, 1.807) is 13.0 Å². The Hall–Kier alpha value is -4.70. The zero-order chi connectivity index (χ0) is 24.8. The third-order valence-corrected chi connectivity index (χ3v) is 5.49. The first-order valence-electron chi connectivity index (χ1n) is 11.1. The topological polar surface area (TPSA) is 63.6 Å². The van der Waals surface area contributed by atoms with Gasteiger partial charge in [-0.3, -0.25) is 0 Å². The Bertz CT molecular complexity index is 1360. The van der Waals surface area contributed by atoms with Gasteiger partial charge in [0.05, 0.1) is 5.56 Å². The van der Waals surface area contributed by atoms with Gasteiger partial charge in [0.1, 0.15) is 5.75 Å². The maximum absolute atomic E-state index is 12.5. The third kappa shape index (κ3) is 5.28. The van der Waals surface area contributed by atoms with Crippen LogP contribution in [0.1, 0.15) is 39.5 Å². The van der Waals surface area contributed by atoms with Gasteiger partial charge in [0.2, 0.25) is 0 Å². The normalized spacial score (nSPS) is 10.3. The van der Waals surface area contributed by atoms with E-state index in [1.165, 1.54) is 12.1 Å². The Kier molecular flexibility index (Phi) is 7.03. The molecule has 0 aliphatic heterocycles. The van der Waals surface area contributed by atoms with Crippen molar-refractivity contribution in [3.05, 3.63) is 149 Å². The van der Waals surface area contributed by atoms with Crippen LogP contribution in [0, 0.1) is 0 Å². The monoisotopic (exact) mass is 460 g/mol. The second-order valence-corrected chi connectivity index (χ2v) is 8.03. The van der Waals surface area contributed by atoms with E-state index in [0.717, 1.165) is 27.8 Å². The molecule has 0 aliphatic carbocycles. The highest BCUT2D eigenvalue weighted by molar-refractivity contribution is 6.06. The van der Waals surface area contributed by atoms with Crippen molar-refractivity contribution in [3.8, 4) is 5.75 Å². The lowest BCUT2D eigenvalue weighted by molar-refractivity contribution is -0.130. The number of carbonyl (C=O) groups excluding carboxylic acids is 1. The lowest BCUT2D eigenvalue weighted by Crippen LogP contribution is -2.11. The summed E-state index contributed by atoms with van der Waals surface area (Å²) in [5, 5.41) is 9.59. The number of carboxylic acids is 1. The maximum Gasteiger partial charge on any atom is 0.338 e. The minimum atomic E-state index is -1.11. The van der Waals surface area contributed by atoms with Gasteiger partial charge in [-0.15, -0.1) is 0 Å². The molecule has 1 N–H and O–H groups in total. The predicted molar refractivity (Wildman–Crippen MR) is 138 cm³/mol. The number of esters is 1. The first-order chi connectivity index (χ1) is 17.0. The van der Waals surface area contributed by atoms with E-state index in [9.17, 15) is 14.7 Å². The molecule has 4 nitrogen and oxygen atoms in total. The van der Waals surface area contributed by atoms with Crippen LogP contribution in [0.5, 0.6) is 5.75 Å². The molecule has 0 aromatic heterocycles. The Balaban J connectivity index is 2.12. The lowest BCUT2D eigenvalue weighted by atomic mass is 9.85. The number of carboxylic acid groups (broad SMARTS) is 1. The van der Waals surface area contributed by atoms with Gasteiger partial charge in [-0.2, -0.15) is 0 Å². The van der Waals surface area contributed by atoms with Gasteiger partial charge in [0.25, 0.3) is 0 Å². The van der Waals surface area contributed by atoms with Crippen LogP contribution in [0.15, 0.2) is 121 Å². The predicted octanol–water partition coefficient (Wildman–Crippen LogP) is 6.87. The zero-order valence-corrected chi connectivity index (χ0v) is 19.3. The smallest absolute Gasteiger partial charge is 0.338 e. The molecule has 4 heteroatoms. The molecule has 172 valence electrons. The van der Waals surface area contributed by atoms with Crippen molar-refractivity contribution in [2.24, 2.45) is 0 Å². The average molecular weight is 461 g/mol. The van der Waals surface area contributed by atoms with Crippen molar-refractivity contribution < 1.29 is 19.4 Å². The molecule has 0 fully saturated rings. The molecule has 0 atom stereocenters. The summed E-state index contributed by atoms with van der Waals surface area (Å²) in [5.74, 6) is -1.58. The Labute approximate surface area is 204 Å². The highest BCUT2D eigenvalue weighted by Gasteiger charge is 2.22. The van der Waals surface area contributed by atoms with E-state index in [1.807, 2.05) is 91.0 Å². The van der Waals surface area contributed by atoms with Crippen LogP contribution < -0.4 is 4.74 Å². The molecule has 0 bridgehead atoms. The lowest BCUT2D eigenvalue weighted by Gasteiger charge is -2.20. The largest absolute Gasteiger partial charge is 0.478 e. The zero-order valence-electron chi connectivity index (χ0n) is 19.3. The second-order valence-electron chi connectivity index (χ2n) is 8.03. The minimum absolute atomic E-state index is 0.0200. The van der Waals surface area contributed by atoms with E-state index in [-0.39, 0.29) is 16.9 Å². The summed E-state index contributed by atoms with van der Waals surface area (Å²) in [6.45, 7) is 5.22. The fourth-order valence-corrected chi connectivity index (χ4v) is 3.84. The first-order valence-corrected chi connectivity index (χ1v) is 11.1. The molecule has 4 aromatic carbocycles. The summed E-state index contributed by atoms with van der Waals surface area (Å²) < 4.78 is 5.69. The van der Waals surface area contributed by atoms with Crippen molar-refractivity contribution in [1.82, 2.24) is 0 Å². The fraction of sp³-hybridized carbons (Fsp3) is 0.0323. The summed E-state index contributed by atoms with van der Waals surface area (Å²) in [5.41, 5.74) is 5.40. The SMILES string of the molecule is C=C(C)C(=O)Oc1cc(C(=O)O)ccc1C(=C(c1ccccc1)c1ccccc1)c1ccccc1. The minimum Gasteiger partial charge on any atom is -0.478 e. The Morgan fingerprint density at radius 1 is 0.657 bits per heavy atom. The number of ether oxygens (including phenoxy) is 1. The van der Waals surface area contributed by atoms with Crippen molar-refractivity contribution in [1.29, 1.82) is 0 Å². The van der Waals surface area contributed by atoms with Crippen LogP contribution >= 0.6 is 0 Å². The summed E-state index contributed by atoms with van der Waals surface area (Å²) >= 11 is 0. The number of hydrogen-bond acceptors (Lipinski definition) is 3. The van der Waals surface area contributed by atoms with Crippen molar-refractivity contribution in [2.45, 2.75) is 6.92 Å². The highest BCUT2D eigenvalue weighted by atomic mass is 16.5. The first kappa shape index (κ1) is 23.5. The van der Waals surface area contributed by atoms with Crippen LogP contribution in [0.25, 0.3) is 11.1 Å². The van der Waals surface area contributed by atoms with Crippen LogP contribution in [-0.2, 0) is 4.79 Å². The molecule has 4 rings (SSSR count).